The smallest absolute Gasteiger partial charge is 0.393 e. The predicted molar refractivity (Wildman–Crippen MR) is 99.9 cm³/mol. The molecule has 128 valence electrons. The zero-order chi connectivity index (χ0) is 18.1. The van der Waals surface area contributed by atoms with Crippen LogP contribution < -0.4 is 0 Å². The number of nitrogens with zero attached hydrogens (tertiary/aromatic N) is 3. The van der Waals surface area contributed by atoms with E-state index in [0.29, 0.717) is 22.8 Å². The van der Waals surface area contributed by atoms with Gasteiger partial charge in [-0.2, -0.15) is 0 Å². The van der Waals surface area contributed by atoms with Crippen molar-refractivity contribution in [1.29, 1.82) is 0 Å². The Hall–Kier alpha value is -2.02. The minimum Gasteiger partial charge on any atom is -0.393 e. The molecule has 0 bridgehead atoms. The second kappa shape index (κ2) is 5.24. The molecule has 0 radical (unpaired) electrons. The Morgan fingerprint density at radius 1 is 1.12 bits per heavy atom. The monoisotopic (exact) mass is 403 g/mol. The highest BCUT2D eigenvalue weighted by molar-refractivity contribution is 9.10. The van der Waals surface area contributed by atoms with Crippen molar-refractivity contribution in [3.63, 3.8) is 0 Å². The molecule has 0 unspecified atom stereocenters. The van der Waals surface area contributed by atoms with E-state index in [2.05, 4.69) is 20.9 Å². The SMILES string of the molecule is CC1=CC(C)=[N+]2C1=C(c1cncc(Br)c1)c1c(C)cc(C)n1[B-]2(F)F. The molecule has 0 aliphatic carbocycles. The van der Waals surface area contributed by atoms with Crippen molar-refractivity contribution in [2.75, 3.05) is 0 Å². The van der Waals surface area contributed by atoms with Gasteiger partial charge < -0.3 is 17.6 Å². The van der Waals surface area contributed by atoms with E-state index in [1.165, 1.54) is 8.96 Å². The van der Waals surface area contributed by atoms with Crippen molar-refractivity contribution in [3.05, 3.63) is 68.9 Å². The molecule has 2 aromatic rings. The van der Waals surface area contributed by atoms with E-state index in [9.17, 15) is 0 Å². The van der Waals surface area contributed by atoms with Crippen LogP contribution in [0.25, 0.3) is 5.57 Å². The lowest BCUT2D eigenvalue weighted by Gasteiger charge is -2.34. The number of hydrogen-bond acceptors (Lipinski definition) is 1. The van der Waals surface area contributed by atoms with Gasteiger partial charge in [-0.15, -0.1) is 0 Å². The van der Waals surface area contributed by atoms with Gasteiger partial charge in [0.25, 0.3) is 0 Å². The average Bonchev–Trinajstić information content (AvgIpc) is 2.97. The molecule has 0 atom stereocenters. The third-order valence-electron chi connectivity index (χ3n) is 4.93. The molecule has 0 fully saturated rings. The van der Waals surface area contributed by atoms with Crippen LogP contribution >= 0.6 is 15.9 Å². The number of hydrogen-bond donors (Lipinski definition) is 0. The number of fused-ring (bicyclic) bond motifs is 2. The van der Waals surface area contributed by atoms with Crippen LogP contribution in [0.2, 0.25) is 0 Å². The number of rotatable bonds is 1. The Morgan fingerprint density at radius 3 is 2.52 bits per heavy atom. The van der Waals surface area contributed by atoms with Crippen LogP contribution in [0.4, 0.5) is 8.63 Å². The predicted octanol–water partition coefficient (Wildman–Crippen LogP) is 4.69. The molecule has 25 heavy (non-hydrogen) atoms. The first-order valence-corrected chi connectivity index (χ1v) is 8.91. The lowest BCUT2D eigenvalue weighted by atomic mass is 9.84. The van der Waals surface area contributed by atoms with Gasteiger partial charge in [-0.25, -0.2) is 0 Å². The summed E-state index contributed by atoms with van der Waals surface area (Å²) in [4.78, 5) is 4.25. The van der Waals surface area contributed by atoms with E-state index in [1.807, 2.05) is 32.1 Å². The van der Waals surface area contributed by atoms with Gasteiger partial charge in [0.1, 0.15) is 5.71 Å². The fourth-order valence-electron chi connectivity index (χ4n) is 4.12. The molecule has 0 N–H and O–H groups in total. The molecule has 4 rings (SSSR count). The highest BCUT2D eigenvalue weighted by atomic mass is 79.9. The van der Waals surface area contributed by atoms with Crippen molar-refractivity contribution < 1.29 is 13.1 Å². The van der Waals surface area contributed by atoms with Crippen molar-refractivity contribution >= 4 is 34.2 Å². The molecule has 2 aliphatic heterocycles. The average molecular weight is 404 g/mol. The first kappa shape index (κ1) is 16.5. The fourth-order valence-corrected chi connectivity index (χ4v) is 4.49. The van der Waals surface area contributed by atoms with Gasteiger partial charge in [0.15, 0.2) is 5.70 Å². The summed E-state index contributed by atoms with van der Waals surface area (Å²) in [5.41, 5.74) is 5.61. The number of allylic oxidation sites excluding steroid dienone is 2. The summed E-state index contributed by atoms with van der Waals surface area (Å²) in [6.45, 7) is 3.31. The van der Waals surface area contributed by atoms with Crippen LogP contribution in [-0.4, -0.2) is 26.6 Å². The highest BCUT2D eigenvalue weighted by Gasteiger charge is 2.55. The first-order chi connectivity index (χ1) is 11.7. The standard InChI is InChI=1S/C18H17BBrF2N3/c1-10-5-12(3)24-17(10)16(14-7-15(20)9-23-8-14)18-11(2)6-13(4)25(18)19(24,21)22/h5-9H,1-4H3. The lowest BCUT2D eigenvalue weighted by molar-refractivity contribution is -0.363. The van der Waals surface area contributed by atoms with E-state index in [4.69, 9.17) is 0 Å². The maximum Gasteiger partial charge on any atom is 0.737 e. The number of aromatic nitrogens is 2. The molecule has 4 heterocycles. The zero-order valence-corrected chi connectivity index (χ0v) is 16.0. The Kier molecular flexibility index (Phi) is 3.45. The summed E-state index contributed by atoms with van der Waals surface area (Å²) in [5.74, 6) is 0. The van der Waals surface area contributed by atoms with Crippen LogP contribution in [0, 0.1) is 13.8 Å². The van der Waals surface area contributed by atoms with Crippen LogP contribution in [0.5, 0.6) is 0 Å². The first-order valence-electron chi connectivity index (χ1n) is 8.11. The molecule has 0 spiro atoms. The largest absolute Gasteiger partial charge is 0.737 e. The molecule has 2 aromatic heterocycles. The number of halogens is 3. The van der Waals surface area contributed by atoms with Crippen molar-refractivity contribution in [2.24, 2.45) is 0 Å². The molecule has 0 saturated carbocycles. The third-order valence-corrected chi connectivity index (χ3v) is 5.36. The fraction of sp³-hybridized carbons (Fsp3) is 0.222. The van der Waals surface area contributed by atoms with Crippen molar-refractivity contribution in [2.45, 2.75) is 27.7 Å². The maximum atomic E-state index is 15.5. The maximum absolute atomic E-state index is 15.5. The number of aryl methyl sites for hydroxylation is 2. The second-order valence-electron chi connectivity index (χ2n) is 6.73. The van der Waals surface area contributed by atoms with Crippen LogP contribution in [0.1, 0.15) is 36.4 Å². The molecule has 7 heteroatoms. The molecular formula is C18H17BBrF2N3. The number of pyridine rings is 1. The minimum atomic E-state index is -3.93. The summed E-state index contributed by atoms with van der Waals surface area (Å²) in [5, 5.41) is 0. The molecule has 0 saturated heterocycles. The van der Waals surface area contributed by atoms with Gasteiger partial charge in [0.2, 0.25) is 0 Å². The summed E-state index contributed by atoms with van der Waals surface area (Å²) in [6, 6.07) is 3.75. The lowest BCUT2D eigenvalue weighted by Crippen LogP contribution is -2.51. The summed E-state index contributed by atoms with van der Waals surface area (Å²) in [7, 11) is 0. The van der Waals surface area contributed by atoms with E-state index < -0.39 is 6.97 Å². The van der Waals surface area contributed by atoms with E-state index >= 15 is 8.63 Å². The summed E-state index contributed by atoms with van der Waals surface area (Å²) >= 11 is 3.44. The Labute approximate surface area is 153 Å². The van der Waals surface area contributed by atoms with E-state index in [1.54, 1.807) is 26.2 Å². The Morgan fingerprint density at radius 2 is 1.84 bits per heavy atom. The van der Waals surface area contributed by atoms with Gasteiger partial charge >= 0.3 is 6.97 Å². The normalized spacial score (nSPS) is 18.4. The quantitative estimate of drug-likeness (QED) is 0.632. The Balaban J connectivity index is 2.19. The van der Waals surface area contributed by atoms with Gasteiger partial charge in [0.05, 0.1) is 5.57 Å². The molecule has 0 aromatic carbocycles. The van der Waals surface area contributed by atoms with Crippen LogP contribution in [0.15, 0.2) is 46.3 Å². The highest BCUT2D eigenvalue weighted by Crippen LogP contribution is 2.44. The van der Waals surface area contributed by atoms with Gasteiger partial charge in [-0.3, -0.25) is 4.98 Å². The molecule has 3 nitrogen and oxygen atoms in total. The van der Waals surface area contributed by atoms with Gasteiger partial charge in [-0.1, -0.05) is 0 Å². The van der Waals surface area contributed by atoms with Crippen LogP contribution in [0.3, 0.4) is 0 Å². The van der Waals surface area contributed by atoms with Gasteiger partial charge in [-0.05, 0) is 60.1 Å². The van der Waals surface area contributed by atoms with E-state index in [-0.39, 0.29) is 0 Å². The second-order valence-corrected chi connectivity index (χ2v) is 7.65. The third kappa shape index (κ3) is 2.14. The summed E-state index contributed by atoms with van der Waals surface area (Å²) < 4.78 is 34.1. The Bertz CT molecular complexity index is 1030. The van der Waals surface area contributed by atoms with Crippen molar-refractivity contribution in [1.82, 2.24) is 9.46 Å². The van der Waals surface area contributed by atoms with E-state index in [0.717, 1.165) is 26.7 Å². The molecule has 0 amide bonds. The summed E-state index contributed by atoms with van der Waals surface area (Å²) in [6.07, 6.45) is 5.25. The van der Waals surface area contributed by atoms with Gasteiger partial charge in [0, 0.05) is 46.7 Å². The minimum absolute atomic E-state index is 0.564. The molecule has 2 aliphatic rings. The van der Waals surface area contributed by atoms with Crippen molar-refractivity contribution in [3.8, 4) is 0 Å². The van der Waals surface area contributed by atoms with Crippen LogP contribution in [-0.2, 0) is 0 Å². The topological polar surface area (TPSA) is 20.8 Å². The zero-order valence-electron chi connectivity index (χ0n) is 14.4. The molecular weight excluding hydrogens is 387 g/mol.